The van der Waals surface area contributed by atoms with E-state index < -0.39 is 0 Å². The van der Waals surface area contributed by atoms with E-state index in [1.165, 1.54) is 19.3 Å². The highest BCUT2D eigenvalue weighted by Gasteiger charge is 2.21. The van der Waals surface area contributed by atoms with Crippen LogP contribution in [0.4, 0.5) is 11.6 Å². The third kappa shape index (κ3) is 3.80. The van der Waals surface area contributed by atoms with Crippen molar-refractivity contribution in [2.24, 2.45) is 0 Å². The van der Waals surface area contributed by atoms with Crippen molar-refractivity contribution in [2.45, 2.75) is 38.7 Å². The van der Waals surface area contributed by atoms with Crippen LogP contribution in [0, 0.1) is 0 Å². The van der Waals surface area contributed by atoms with Gasteiger partial charge in [0.1, 0.15) is 18.0 Å². The molecule has 5 heteroatoms. The molecule has 0 spiro atoms. The zero-order valence-corrected chi connectivity index (χ0v) is 11.9. The second-order valence-corrected chi connectivity index (χ2v) is 5.25. The van der Waals surface area contributed by atoms with Crippen LogP contribution in [-0.2, 0) is 0 Å². The van der Waals surface area contributed by atoms with Crippen LogP contribution in [0.1, 0.15) is 32.6 Å². The number of anilines is 2. The summed E-state index contributed by atoms with van der Waals surface area (Å²) < 4.78 is 0. The molecule has 106 valence electrons. The van der Waals surface area contributed by atoms with Gasteiger partial charge in [0.2, 0.25) is 0 Å². The molecule has 0 bridgehead atoms. The van der Waals surface area contributed by atoms with Gasteiger partial charge in [-0.15, -0.1) is 0 Å². The lowest BCUT2D eigenvalue weighted by Gasteiger charge is -2.21. The van der Waals surface area contributed by atoms with Crippen LogP contribution in [-0.4, -0.2) is 47.9 Å². The molecule has 1 aliphatic heterocycles. The lowest BCUT2D eigenvalue weighted by molar-refractivity contribution is 0.198. The number of nitrogens with zero attached hydrogens (tertiary/aromatic N) is 4. The number of hydrogen-bond acceptors (Lipinski definition) is 5. The van der Waals surface area contributed by atoms with E-state index in [0.717, 1.165) is 31.1 Å². The second-order valence-electron chi connectivity index (χ2n) is 5.25. The summed E-state index contributed by atoms with van der Waals surface area (Å²) in [5.41, 5.74) is 0. The summed E-state index contributed by atoms with van der Waals surface area (Å²) >= 11 is 0. The monoisotopic (exact) mass is 264 g/mol. The van der Waals surface area contributed by atoms with E-state index in [1.807, 2.05) is 6.07 Å². The van der Waals surface area contributed by atoms with Crippen LogP contribution in [0.5, 0.6) is 0 Å². The molecule has 0 aliphatic carbocycles. The Hall–Kier alpha value is -1.36. The van der Waals surface area contributed by atoms with Gasteiger partial charge in [-0.3, -0.25) is 0 Å². The third-order valence-electron chi connectivity index (χ3n) is 3.61. The van der Waals surface area contributed by atoms with Crippen LogP contribution >= 0.6 is 0 Å². The van der Waals surface area contributed by atoms with Gasteiger partial charge in [0.25, 0.3) is 0 Å². The Morgan fingerprint density at radius 2 is 2.26 bits per heavy atom. The molecule has 1 fully saturated rings. The topological polar surface area (TPSA) is 52.5 Å². The SMILES string of the molecule is CCCCCN(C)c1cc(N2CCC(O)C2)ncn1. The minimum atomic E-state index is -0.222. The van der Waals surface area contributed by atoms with E-state index in [1.54, 1.807) is 6.33 Å². The fourth-order valence-electron chi connectivity index (χ4n) is 2.38. The average molecular weight is 264 g/mol. The normalized spacial score (nSPS) is 18.9. The van der Waals surface area contributed by atoms with Gasteiger partial charge in [-0.1, -0.05) is 19.8 Å². The van der Waals surface area contributed by atoms with Crippen LogP contribution in [0.25, 0.3) is 0 Å². The number of aromatic nitrogens is 2. The van der Waals surface area contributed by atoms with Crippen LogP contribution in [0.2, 0.25) is 0 Å². The lowest BCUT2D eigenvalue weighted by Crippen LogP contribution is -2.24. The van der Waals surface area contributed by atoms with Gasteiger partial charge < -0.3 is 14.9 Å². The van der Waals surface area contributed by atoms with E-state index >= 15 is 0 Å². The molecule has 1 N–H and O–H groups in total. The summed E-state index contributed by atoms with van der Waals surface area (Å²) in [6, 6.07) is 2.02. The maximum absolute atomic E-state index is 9.59. The number of β-amino-alcohol motifs (C(OH)–C–C–N with tert-alkyl or cyclic N) is 1. The van der Waals surface area contributed by atoms with Crippen molar-refractivity contribution in [3.05, 3.63) is 12.4 Å². The first-order chi connectivity index (χ1) is 9.20. The van der Waals surface area contributed by atoms with Crippen LogP contribution in [0.15, 0.2) is 12.4 Å². The molecule has 1 aromatic rings. The zero-order chi connectivity index (χ0) is 13.7. The molecule has 1 saturated heterocycles. The van der Waals surface area contributed by atoms with E-state index in [9.17, 15) is 5.11 Å². The average Bonchev–Trinajstić information content (AvgIpc) is 2.86. The maximum atomic E-state index is 9.59. The Balaban J connectivity index is 1.98. The fourth-order valence-corrected chi connectivity index (χ4v) is 2.38. The largest absolute Gasteiger partial charge is 0.391 e. The summed E-state index contributed by atoms with van der Waals surface area (Å²) in [4.78, 5) is 12.9. The highest BCUT2D eigenvalue weighted by molar-refractivity contribution is 5.50. The standard InChI is InChI=1S/C14H24N4O/c1-3-4-5-7-17(2)13-9-14(16-11-15-13)18-8-6-12(19)10-18/h9,11-12,19H,3-8,10H2,1-2H3. The molecular weight excluding hydrogens is 240 g/mol. The Bertz CT molecular complexity index is 399. The lowest BCUT2D eigenvalue weighted by atomic mass is 10.2. The first-order valence-corrected chi connectivity index (χ1v) is 7.17. The summed E-state index contributed by atoms with van der Waals surface area (Å²) in [6.07, 6.45) is 5.89. The van der Waals surface area contributed by atoms with Crippen molar-refractivity contribution in [3.8, 4) is 0 Å². The zero-order valence-electron chi connectivity index (χ0n) is 11.9. The number of rotatable bonds is 6. The van der Waals surface area contributed by atoms with Gasteiger partial charge in [0.15, 0.2) is 0 Å². The van der Waals surface area contributed by atoms with E-state index in [2.05, 4.69) is 33.7 Å². The molecule has 5 nitrogen and oxygen atoms in total. The molecule has 0 radical (unpaired) electrons. The van der Waals surface area contributed by atoms with Crippen molar-refractivity contribution in [1.82, 2.24) is 9.97 Å². The van der Waals surface area contributed by atoms with E-state index in [0.29, 0.717) is 6.54 Å². The molecule has 19 heavy (non-hydrogen) atoms. The molecular formula is C14H24N4O. The second kappa shape index (κ2) is 6.70. The van der Waals surface area contributed by atoms with Crippen LogP contribution in [0.3, 0.4) is 0 Å². The minimum Gasteiger partial charge on any atom is -0.391 e. The Morgan fingerprint density at radius 1 is 1.42 bits per heavy atom. The molecule has 0 aromatic carbocycles. The van der Waals surface area contributed by atoms with Gasteiger partial charge in [-0.05, 0) is 12.8 Å². The van der Waals surface area contributed by atoms with Crippen molar-refractivity contribution in [1.29, 1.82) is 0 Å². The highest BCUT2D eigenvalue weighted by Crippen LogP contribution is 2.21. The van der Waals surface area contributed by atoms with Crippen molar-refractivity contribution < 1.29 is 5.11 Å². The Morgan fingerprint density at radius 3 is 2.95 bits per heavy atom. The minimum absolute atomic E-state index is 0.222. The van der Waals surface area contributed by atoms with Gasteiger partial charge in [-0.25, -0.2) is 9.97 Å². The van der Waals surface area contributed by atoms with Crippen molar-refractivity contribution >= 4 is 11.6 Å². The van der Waals surface area contributed by atoms with Gasteiger partial charge in [-0.2, -0.15) is 0 Å². The summed E-state index contributed by atoms with van der Waals surface area (Å²) in [5, 5.41) is 9.59. The van der Waals surface area contributed by atoms with Crippen LogP contribution < -0.4 is 9.80 Å². The summed E-state index contributed by atoms with van der Waals surface area (Å²) in [6.45, 7) is 4.78. The number of hydrogen-bond donors (Lipinski definition) is 1. The third-order valence-corrected chi connectivity index (χ3v) is 3.61. The number of aliphatic hydroxyl groups excluding tert-OH is 1. The van der Waals surface area contributed by atoms with E-state index in [4.69, 9.17) is 0 Å². The maximum Gasteiger partial charge on any atom is 0.134 e. The molecule has 0 saturated carbocycles. The van der Waals surface area contributed by atoms with Gasteiger partial charge in [0.05, 0.1) is 6.10 Å². The highest BCUT2D eigenvalue weighted by atomic mass is 16.3. The van der Waals surface area contributed by atoms with E-state index in [-0.39, 0.29) is 6.10 Å². The first kappa shape index (κ1) is 14.1. The molecule has 0 amide bonds. The van der Waals surface area contributed by atoms with Crippen molar-refractivity contribution in [3.63, 3.8) is 0 Å². The number of unbranched alkanes of at least 4 members (excludes halogenated alkanes) is 2. The molecule has 1 aromatic heterocycles. The molecule has 1 unspecified atom stereocenters. The van der Waals surface area contributed by atoms with Gasteiger partial charge >= 0.3 is 0 Å². The quantitative estimate of drug-likeness (QED) is 0.792. The summed E-state index contributed by atoms with van der Waals surface area (Å²) in [5.74, 6) is 1.88. The predicted octanol–water partition coefficient (Wildman–Crippen LogP) is 1.67. The molecule has 2 rings (SSSR count). The Kier molecular flexibility index (Phi) is 4.96. The predicted molar refractivity (Wildman–Crippen MR) is 77.7 cm³/mol. The van der Waals surface area contributed by atoms with Crippen molar-refractivity contribution in [2.75, 3.05) is 36.5 Å². The molecule has 2 heterocycles. The first-order valence-electron chi connectivity index (χ1n) is 7.17. The smallest absolute Gasteiger partial charge is 0.134 e. The molecule has 1 atom stereocenters. The summed E-state index contributed by atoms with van der Waals surface area (Å²) in [7, 11) is 2.07. The number of aliphatic hydroxyl groups is 1. The fraction of sp³-hybridized carbons (Fsp3) is 0.714. The molecule has 1 aliphatic rings. The Labute approximate surface area is 115 Å². The van der Waals surface area contributed by atoms with Gasteiger partial charge in [0, 0.05) is 32.7 Å².